The van der Waals surface area contributed by atoms with E-state index in [0.717, 1.165) is 16.6 Å². The van der Waals surface area contributed by atoms with Crippen LogP contribution in [0.25, 0.3) is 16.0 Å². The van der Waals surface area contributed by atoms with Crippen molar-refractivity contribution in [2.75, 3.05) is 0 Å². The van der Waals surface area contributed by atoms with Gasteiger partial charge < -0.3 is 9.31 Å². The van der Waals surface area contributed by atoms with Gasteiger partial charge in [0, 0.05) is 0 Å². The second-order valence-corrected chi connectivity index (χ2v) is 6.87. The summed E-state index contributed by atoms with van der Waals surface area (Å²) in [5.41, 5.74) is 3.14. The van der Waals surface area contributed by atoms with Crippen LogP contribution in [0.3, 0.4) is 0 Å². The van der Waals surface area contributed by atoms with E-state index in [1.807, 2.05) is 36.4 Å². The molecule has 116 valence electrons. The Morgan fingerprint density at radius 1 is 0.870 bits per heavy atom. The first-order valence-corrected chi connectivity index (χ1v) is 7.76. The zero-order valence-corrected chi connectivity index (χ0v) is 14.0. The van der Waals surface area contributed by atoms with E-state index in [0.29, 0.717) is 5.69 Å². The molecule has 1 aliphatic heterocycles. The second-order valence-electron chi connectivity index (χ2n) is 6.87. The quantitative estimate of drug-likeness (QED) is 0.613. The van der Waals surface area contributed by atoms with E-state index < -0.39 is 0 Å². The van der Waals surface area contributed by atoms with Gasteiger partial charge in [0.25, 0.3) is 0 Å². The van der Waals surface area contributed by atoms with Gasteiger partial charge in [0.05, 0.1) is 17.8 Å². The molecule has 1 aliphatic rings. The minimum absolute atomic E-state index is 0.342. The Balaban J connectivity index is 1.90. The van der Waals surface area contributed by atoms with Crippen LogP contribution in [0.4, 0.5) is 5.69 Å². The van der Waals surface area contributed by atoms with Crippen LogP contribution >= 0.6 is 0 Å². The van der Waals surface area contributed by atoms with E-state index in [9.17, 15) is 0 Å². The molecule has 0 spiro atoms. The number of hydrogen-bond acceptors (Lipinski definition) is 2. The molecule has 0 atom stereocenters. The molecule has 2 aromatic carbocycles. The monoisotopic (exact) mass is 305 g/mol. The largest absolute Gasteiger partial charge is 0.494 e. The second kappa shape index (κ2) is 5.52. The maximum absolute atomic E-state index is 7.03. The first-order chi connectivity index (χ1) is 10.8. The van der Waals surface area contributed by atoms with Gasteiger partial charge in [0.15, 0.2) is 5.69 Å². The maximum Gasteiger partial charge on any atom is 0.494 e. The average Bonchev–Trinajstić information content (AvgIpc) is 2.76. The Morgan fingerprint density at radius 3 is 2.04 bits per heavy atom. The van der Waals surface area contributed by atoms with Crippen molar-refractivity contribution in [3.05, 3.63) is 59.9 Å². The van der Waals surface area contributed by atoms with Gasteiger partial charge in [0.1, 0.15) is 0 Å². The Labute approximate surface area is 138 Å². The van der Waals surface area contributed by atoms with Crippen LogP contribution < -0.4 is 5.46 Å². The van der Waals surface area contributed by atoms with E-state index in [1.54, 1.807) is 0 Å². The summed E-state index contributed by atoms with van der Waals surface area (Å²) in [6.45, 7) is 15.3. The molecular formula is C19H20BNO2. The third kappa shape index (κ3) is 2.90. The molecule has 0 bridgehead atoms. The smallest absolute Gasteiger partial charge is 0.399 e. The first-order valence-electron chi connectivity index (χ1n) is 7.76. The molecule has 1 fully saturated rings. The van der Waals surface area contributed by atoms with Gasteiger partial charge in [-0.25, -0.2) is 4.85 Å². The number of hydrogen-bond donors (Lipinski definition) is 0. The summed E-state index contributed by atoms with van der Waals surface area (Å²) < 4.78 is 12.2. The Kier molecular flexibility index (Phi) is 3.79. The van der Waals surface area contributed by atoms with E-state index in [4.69, 9.17) is 15.9 Å². The molecule has 0 N–H and O–H groups in total. The lowest BCUT2D eigenvalue weighted by atomic mass is 9.78. The van der Waals surface area contributed by atoms with Crippen molar-refractivity contribution >= 4 is 18.3 Å². The average molecular weight is 305 g/mol. The Morgan fingerprint density at radius 2 is 1.48 bits per heavy atom. The highest BCUT2D eigenvalue weighted by molar-refractivity contribution is 6.62. The SMILES string of the molecule is [C-]#[N+]c1ccc(-c2cccc(B3OC(C)(C)C(C)(C)O3)c2)cc1. The third-order valence-corrected chi connectivity index (χ3v) is 4.74. The molecule has 2 aromatic rings. The van der Waals surface area contributed by atoms with Crippen molar-refractivity contribution in [1.29, 1.82) is 0 Å². The predicted octanol–water partition coefficient (Wildman–Crippen LogP) is 4.20. The minimum atomic E-state index is -0.359. The summed E-state index contributed by atoms with van der Waals surface area (Å²) in [6.07, 6.45) is 0. The van der Waals surface area contributed by atoms with E-state index in [2.05, 4.69) is 44.7 Å². The Bertz CT molecular complexity index is 744. The topological polar surface area (TPSA) is 22.8 Å². The van der Waals surface area contributed by atoms with E-state index in [-0.39, 0.29) is 18.3 Å². The standard InChI is InChI=1S/C19H20BNO2/c1-18(2)19(3,4)23-20(22-18)16-8-6-7-15(13-16)14-9-11-17(21-5)12-10-14/h6-13H,1-4H3. The van der Waals surface area contributed by atoms with Gasteiger partial charge in [0.2, 0.25) is 0 Å². The fraction of sp³-hybridized carbons (Fsp3) is 0.316. The van der Waals surface area contributed by atoms with Crippen molar-refractivity contribution < 1.29 is 9.31 Å². The van der Waals surface area contributed by atoms with Crippen LogP contribution in [0.15, 0.2) is 48.5 Å². The van der Waals surface area contributed by atoms with Crippen LogP contribution in [-0.2, 0) is 9.31 Å². The number of nitrogens with zero attached hydrogens (tertiary/aromatic N) is 1. The molecule has 0 amide bonds. The molecule has 0 aliphatic carbocycles. The molecule has 1 heterocycles. The molecule has 0 aromatic heterocycles. The molecule has 3 rings (SSSR count). The Hall–Kier alpha value is -2.09. The van der Waals surface area contributed by atoms with Crippen LogP contribution in [0.1, 0.15) is 27.7 Å². The van der Waals surface area contributed by atoms with Gasteiger partial charge in [-0.1, -0.05) is 48.5 Å². The summed E-state index contributed by atoms with van der Waals surface area (Å²) in [4.78, 5) is 3.43. The van der Waals surface area contributed by atoms with Crippen molar-refractivity contribution in [2.45, 2.75) is 38.9 Å². The van der Waals surface area contributed by atoms with Crippen molar-refractivity contribution in [3.8, 4) is 11.1 Å². The van der Waals surface area contributed by atoms with Gasteiger partial charge in [-0.3, -0.25) is 0 Å². The van der Waals surface area contributed by atoms with E-state index in [1.165, 1.54) is 0 Å². The van der Waals surface area contributed by atoms with Gasteiger partial charge >= 0.3 is 7.12 Å². The van der Waals surface area contributed by atoms with Crippen LogP contribution in [0.5, 0.6) is 0 Å². The maximum atomic E-state index is 7.03. The molecule has 1 saturated heterocycles. The number of benzene rings is 2. The molecule has 23 heavy (non-hydrogen) atoms. The lowest BCUT2D eigenvalue weighted by Gasteiger charge is -2.32. The highest BCUT2D eigenvalue weighted by Gasteiger charge is 2.51. The van der Waals surface area contributed by atoms with Crippen molar-refractivity contribution in [1.82, 2.24) is 0 Å². The van der Waals surface area contributed by atoms with Gasteiger partial charge in [-0.15, -0.1) is 0 Å². The zero-order valence-electron chi connectivity index (χ0n) is 14.0. The van der Waals surface area contributed by atoms with Crippen LogP contribution in [0.2, 0.25) is 0 Å². The highest BCUT2D eigenvalue weighted by Crippen LogP contribution is 2.36. The summed E-state index contributed by atoms with van der Waals surface area (Å²) in [5.74, 6) is 0. The molecule has 0 unspecified atom stereocenters. The number of rotatable bonds is 2. The van der Waals surface area contributed by atoms with Gasteiger partial charge in [-0.2, -0.15) is 0 Å². The van der Waals surface area contributed by atoms with Crippen LogP contribution in [0, 0.1) is 6.57 Å². The summed E-state index contributed by atoms with van der Waals surface area (Å²) >= 11 is 0. The van der Waals surface area contributed by atoms with Gasteiger partial charge in [-0.05, 0) is 44.3 Å². The summed E-state index contributed by atoms with van der Waals surface area (Å²) in [7, 11) is -0.359. The highest BCUT2D eigenvalue weighted by atomic mass is 16.7. The van der Waals surface area contributed by atoms with Crippen molar-refractivity contribution in [3.63, 3.8) is 0 Å². The van der Waals surface area contributed by atoms with E-state index >= 15 is 0 Å². The lowest BCUT2D eigenvalue weighted by molar-refractivity contribution is 0.00578. The lowest BCUT2D eigenvalue weighted by Crippen LogP contribution is -2.41. The third-order valence-electron chi connectivity index (χ3n) is 4.74. The molecule has 0 saturated carbocycles. The molecule has 3 nitrogen and oxygen atoms in total. The summed E-state index contributed by atoms with van der Waals surface area (Å²) in [5, 5.41) is 0. The fourth-order valence-corrected chi connectivity index (χ4v) is 2.57. The molecule has 0 radical (unpaired) electrons. The van der Waals surface area contributed by atoms with Crippen molar-refractivity contribution in [2.24, 2.45) is 0 Å². The molecular weight excluding hydrogens is 285 g/mol. The minimum Gasteiger partial charge on any atom is -0.399 e. The first kappa shape index (κ1) is 15.8. The predicted molar refractivity (Wildman–Crippen MR) is 93.9 cm³/mol. The summed E-state index contributed by atoms with van der Waals surface area (Å²) in [6, 6.07) is 15.8. The zero-order chi connectivity index (χ0) is 16.7. The normalized spacial score (nSPS) is 18.7. The molecule has 4 heteroatoms. The van der Waals surface area contributed by atoms with Crippen LogP contribution in [-0.4, -0.2) is 18.3 Å². The fourth-order valence-electron chi connectivity index (χ4n) is 2.57.